The smallest absolute Gasteiger partial charge is 0.416 e. The van der Waals surface area contributed by atoms with E-state index in [1.54, 1.807) is 0 Å². The van der Waals surface area contributed by atoms with Crippen molar-refractivity contribution in [1.29, 1.82) is 0 Å². The Kier molecular flexibility index (Phi) is 6.50. The number of rotatable bonds is 5. The minimum atomic E-state index is -4.73. The lowest BCUT2D eigenvalue weighted by Gasteiger charge is -2.32. The van der Waals surface area contributed by atoms with Gasteiger partial charge in [0.2, 0.25) is 0 Å². The van der Waals surface area contributed by atoms with Crippen molar-refractivity contribution in [3.8, 4) is 0 Å². The van der Waals surface area contributed by atoms with E-state index in [9.17, 15) is 27.9 Å². The SMILES string of the molecule is CCOC(=O)C1=C(CO)NC(C)=C(C(=O)OC)C1c1ccccc1C(F)(F)F. The van der Waals surface area contributed by atoms with Gasteiger partial charge in [0, 0.05) is 5.70 Å². The second-order valence-corrected chi connectivity index (χ2v) is 5.94. The predicted octanol–water partition coefficient (Wildman–Crippen LogP) is 2.65. The highest BCUT2D eigenvalue weighted by atomic mass is 19.4. The van der Waals surface area contributed by atoms with Gasteiger partial charge in [0.15, 0.2) is 0 Å². The van der Waals surface area contributed by atoms with Gasteiger partial charge >= 0.3 is 18.1 Å². The first-order valence-electron chi connectivity index (χ1n) is 8.40. The highest BCUT2D eigenvalue weighted by molar-refractivity contribution is 6.00. The summed E-state index contributed by atoms with van der Waals surface area (Å²) < 4.78 is 50.6. The van der Waals surface area contributed by atoms with Gasteiger partial charge in [-0.25, -0.2) is 9.59 Å². The summed E-state index contributed by atoms with van der Waals surface area (Å²) in [6.07, 6.45) is -4.73. The van der Waals surface area contributed by atoms with E-state index >= 15 is 0 Å². The summed E-state index contributed by atoms with van der Waals surface area (Å²) in [5.41, 5.74) is -1.62. The number of nitrogens with one attached hydrogen (secondary N) is 1. The number of carbonyl (C=O) groups excluding carboxylic acids is 2. The molecular formula is C19H20F3NO5. The zero-order valence-corrected chi connectivity index (χ0v) is 15.5. The van der Waals surface area contributed by atoms with Crippen LogP contribution in [0.15, 0.2) is 46.8 Å². The first-order valence-corrected chi connectivity index (χ1v) is 8.40. The number of benzene rings is 1. The Hall–Kier alpha value is -2.81. The number of methoxy groups -OCH3 is 1. The lowest BCUT2D eigenvalue weighted by molar-refractivity contribution is -0.141. The summed E-state index contributed by atoms with van der Waals surface area (Å²) in [5.74, 6) is -3.26. The van der Waals surface area contributed by atoms with Crippen molar-refractivity contribution >= 4 is 11.9 Å². The number of hydrogen-bond acceptors (Lipinski definition) is 6. The summed E-state index contributed by atoms with van der Waals surface area (Å²) in [6, 6.07) is 4.63. The molecule has 6 nitrogen and oxygen atoms in total. The summed E-state index contributed by atoms with van der Waals surface area (Å²) in [6.45, 7) is 2.29. The van der Waals surface area contributed by atoms with Gasteiger partial charge in [-0.1, -0.05) is 18.2 Å². The molecule has 0 radical (unpaired) electrons. The van der Waals surface area contributed by atoms with Crippen LogP contribution in [0.1, 0.15) is 30.9 Å². The molecule has 0 saturated heterocycles. The zero-order valence-electron chi connectivity index (χ0n) is 15.5. The van der Waals surface area contributed by atoms with Crippen molar-refractivity contribution in [3.05, 3.63) is 57.9 Å². The molecule has 1 heterocycles. The molecule has 28 heavy (non-hydrogen) atoms. The van der Waals surface area contributed by atoms with E-state index in [4.69, 9.17) is 9.47 Å². The van der Waals surface area contributed by atoms with Crippen LogP contribution in [-0.2, 0) is 25.2 Å². The molecule has 2 rings (SSSR count). The summed E-state index contributed by atoms with van der Waals surface area (Å²) in [7, 11) is 1.09. The van der Waals surface area contributed by atoms with E-state index in [0.717, 1.165) is 13.2 Å². The van der Waals surface area contributed by atoms with Crippen molar-refractivity contribution in [2.24, 2.45) is 0 Å². The van der Waals surface area contributed by atoms with Gasteiger partial charge in [0.1, 0.15) is 0 Å². The van der Waals surface area contributed by atoms with Crippen LogP contribution in [0.25, 0.3) is 0 Å². The van der Waals surface area contributed by atoms with Gasteiger partial charge < -0.3 is 19.9 Å². The number of aliphatic hydroxyl groups excluding tert-OH is 1. The first kappa shape index (κ1) is 21.5. The third-order valence-electron chi connectivity index (χ3n) is 4.28. The molecule has 1 unspecified atom stereocenters. The van der Waals surface area contributed by atoms with Crippen LogP contribution < -0.4 is 5.32 Å². The Labute approximate surface area is 159 Å². The Morgan fingerprint density at radius 2 is 1.82 bits per heavy atom. The maximum Gasteiger partial charge on any atom is 0.416 e. The molecule has 1 atom stereocenters. The van der Waals surface area contributed by atoms with Gasteiger partial charge in [-0.2, -0.15) is 13.2 Å². The molecule has 0 saturated carbocycles. The molecule has 0 aliphatic carbocycles. The van der Waals surface area contributed by atoms with Gasteiger partial charge in [-0.05, 0) is 25.5 Å². The maximum absolute atomic E-state index is 13.6. The third kappa shape index (κ3) is 4.04. The maximum atomic E-state index is 13.6. The molecule has 0 spiro atoms. The number of hydrogen-bond donors (Lipinski definition) is 2. The number of dihydropyridines is 1. The number of halogens is 3. The third-order valence-corrected chi connectivity index (χ3v) is 4.28. The fourth-order valence-electron chi connectivity index (χ4n) is 3.17. The van der Waals surface area contributed by atoms with Crippen LogP contribution >= 0.6 is 0 Å². The average molecular weight is 399 g/mol. The van der Waals surface area contributed by atoms with Crippen molar-refractivity contribution in [2.45, 2.75) is 25.9 Å². The minimum absolute atomic E-state index is 0.0365. The zero-order chi connectivity index (χ0) is 21.1. The minimum Gasteiger partial charge on any atom is -0.466 e. The fraction of sp³-hybridized carbons (Fsp3) is 0.368. The molecule has 0 fully saturated rings. The van der Waals surface area contributed by atoms with Crippen molar-refractivity contribution < 1.29 is 37.3 Å². The standard InChI is InChI=1S/C19H20F3NO5/c1-4-28-18(26)16-13(9-24)23-10(2)14(17(25)27-3)15(16)11-7-5-6-8-12(11)19(20,21)22/h5-8,15,23-24H,4,9H2,1-3H3. The molecule has 1 aromatic rings. The molecule has 9 heteroatoms. The van der Waals surface area contributed by atoms with E-state index < -0.39 is 36.2 Å². The monoisotopic (exact) mass is 399 g/mol. The second kappa shape index (κ2) is 8.47. The van der Waals surface area contributed by atoms with Crippen molar-refractivity contribution in [3.63, 3.8) is 0 Å². The lowest BCUT2D eigenvalue weighted by atomic mass is 9.78. The summed E-state index contributed by atoms with van der Waals surface area (Å²) in [5, 5.41) is 12.4. The van der Waals surface area contributed by atoms with Gasteiger partial charge in [0.25, 0.3) is 0 Å². The van der Waals surface area contributed by atoms with Crippen molar-refractivity contribution in [1.82, 2.24) is 5.32 Å². The average Bonchev–Trinajstić information content (AvgIpc) is 2.65. The van der Waals surface area contributed by atoms with E-state index in [1.807, 2.05) is 0 Å². The van der Waals surface area contributed by atoms with Crippen LogP contribution in [0.5, 0.6) is 0 Å². The predicted molar refractivity (Wildman–Crippen MR) is 92.8 cm³/mol. The highest BCUT2D eigenvalue weighted by Crippen LogP contribution is 2.44. The molecule has 0 aromatic heterocycles. The Morgan fingerprint density at radius 3 is 2.36 bits per heavy atom. The normalized spacial score (nSPS) is 17.3. The van der Waals surface area contributed by atoms with Crippen LogP contribution in [0.4, 0.5) is 13.2 Å². The largest absolute Gasteiger partial charge is 0.466 e. The van der Waals surface area contributed by atoms with Gasteiger partial charge in [0.05, 0.1) is 48.6 Å². The van der Waals surface area contributed by atoms with Gasteiger partial charge in [-0.3, -0.25) is 0 Å². The number of ether oxygens (including phenoxy) is 2. The Morgan fingerprint density at radius 1 is 1.18 bits per heavy atom. The Balaban J connectivity index is 2.84. The Bertz CT molecular complexity index is 842. The topological polar surface area (TPSA) is 84.9 Å². The molecule has 0 bridgehead atoms. The molecule has 152 valence electrons. The van der Waals surface area contributed by atoms with Crippen molar-refractivity contribution in [2.75, 3.05) is 20.3 Å². The van der Waals surface area contributed by atoms with Crippen LogP contribution in [0, 0.1) is 0 Å². The van der Waals surface area contributed by atoms with Crippen LogP contribution in [0.3, 0.4) is 0 Å². The fourth-order valence-corrected chi connectivity index (χ4v) is 3.17. The van der Waals surface area contributed by atoms with E-state index in [1.165, 1.54) is 32.0 Å². The number of carbonyl (C=O) groups is 2. The van der Waals surface area contributed by atoms with E-state index in [-0.39, 0.29) is 34.7 Å². The quantitative estimate of drug-likeness (QED) is 0.741. The number of alkyl halides is 3. The summed E-state index contributed by atoms with van der Waals surface area (Å²) in [4.78, 5) is 25.0. The molecular weight excluding hydrogens is 379 g/mol. The summed E-state index contributed by atoms with van der Waals surface area (Å²) >= 11 is 0. The lowest BCUT2D eigenvalue weighted by Crippen LogP contribution is -2.35. The molecule has 0 amide bonds. The van der Waals surface area contributed by atoms with E-state index in [0.29, 0.717) is 0 Å². The molecule has 1 aliphatic heterocycles. The number of allylic oxidation sites excluding steroid dienone is 1. The van der Waals surface area contributed by atoms with E-state index in [2.05, 4.69) is 5.32 Å². The first-order chi connectivity index (χ1) is 13.2. The highest BCUT2D eigenvalue weighted by Gasteiger charge is 2.43. The number of aliphatic hydroxyl groups is 1. The van der Waals surface area contributed by atoms with Crippen LogP contribution in [0.2, 0.25) is 0 Å². The molecule has 1 aliphatic rings. The number of esters is 2. The molecule has 2 N–H and O–H groups in total. The van der Waals surface area contributed by atoms with Gasteiger partial charge in [-0.15, -0.1) is 0 Å². The molecule has 1 aromatic carbocycles. The second-order valence-electron chi connectivity index (χ2n) is 5.94. The van der Waals surface area contributed by atoms with Crippen LogP contribution in [-0.4, -0.2) is 37.4 Å².